The van der Waals surface area contributed by atoms with Crippen LogP contribution in [0.4, 0.5) is 0 Å². The first-order valence-corrected chi connectivity index (χ1v) is 6.58. The Morgan fingerprint density at radius 3 is 2.82 bits per heavy atom. The highest BCUT2D eigenvalue weighted by molar-refractivity contribution is 5.89. The van der Waals surface area contributed by atoms with E-state index in [9.17, 15) is 4.79 Å². The number of hydrogen-bond donors (Lipinski definition) is 0. The summed E-state index contributed by atoms with van der Waals surface area (Å²) in [5.41, 5.74) is 1.43. The predicted octanol–water partition coefficient (Wildman–Crippen LogP) is 3.93. The van der Waals surface area contributed by atoms with E-state index >= 15 is 0 Å². The molecule has 1 aliphatic rings. The first-order chi connectivity index (χ1) is 8.34. The third-order valence-corrected chi connectivity index (χ3v) is 3.49. The Balaban J connectivity index is 1.82. The summed E-state index contributed by atoms with van der Waals surface area (Å²) in [6.45, 7) is 0. The fourth-order valence-electron chi connectivity index (χ4n) is 2.44. The van der Waals surface area contributed by atoms with Gasteiger partial charge in [-0.2, -0.15) is 0 Å². The van der Waals surface area contributed by atoms with Gasteiger partial charge in [0.2, 0.25) is 0 Å². The van der Waals surface area contributed by atoms with Gasteiger partial charge in [-0.1, -0.05) is 36.4 Å². The Hall–Kier alpha value is -1.37. The summed E-state index contributed by atoms with van der Waals surface area (Å²) in [5, 5.41) is 0. The largest absolute Gasteiger partial charge is 0.295 e. The Morgan fingerprint density at radius 2 is 2.00 bits per heavy atom. The molecular weight excluding hydrogens is 208 g/mol. The Labute approximate surface area is 104 Å². The fraction of sp³-hybridized carbons (Fsp3) is 0.438. The average Bonchev–Trinajstić information content (AvgIpc) is 2.33. The van der Waals surface area contributed by atoms with Crippen molar-refractivity contribution >= 4 is 5.78 Å². The predicted molar refractivity (Wildman–Crippen MR) is 70.9 cm³/mol. The molecule has 17 heavy (non-hydrogen) atoms. The molecule has 0 amide bonds. The second-order valence-electron chi connectivity index (χ2n) is 4.89. The molecule has 0 saturated carbocycles. The van der Waals surface area contributed by atoms with Crippen molar-refractivity contribution in [3.05, 3.63) is 48.0 Å². The van der Waals surface area contributed by atoms with Crippen molar-refractivity contribution in [2.24, 2.45) is 5.92 Å². The molecular formula is C16H20O. The van der Waals surface area contributed by atoms with Gasteiger partial charge in [-0.25, -0.2) is 0 Å². The van der Waals surface area contributed by atoms with E-state index in [1.165, 1.54) is 18.4 Å². The molecule has 0 aliphatic heterocycles. The molecule has 1 atom stereocenters. The Kier molecular flexibility index (Phi) is 4.54. The highest BCUT2D eigenvalue weighted by atomic mass is 16.1. The minimum Gasteiger partial charge on any atom is -0.295 e. The fourth-order valence-corrected chi connectivity index (χ4v) is 2.44. The zero-order valence-electron chi connectivity index (χ0n) is 10.3. The molecule has 1 aromatic rings. The van der Waals surface area contributed by atoms with Gasteiger partial charge in [0.1, 0.15) is 0 Å². The molecule has 1 heteroatoms. The van der Waals surface area contributed by atoms with Crippen LogP contribution in [0.2, 0.25) is 0 Å². The molecule has 1 nitrogen and oxygen atoms in total. The average molecular weight is 228 g/mol. The molecule has 1 aliphatic carbocycles. The number of hydrogen-bond acceptors (Lipinski definition) is 1. The molecule has 0 heterocycles. The monoisotopic (exact) mass is 228 g/mol. The van der Waals surface area contributed by atoms with E-state index in [2.05, 4.69) is 36.4 Å². The lowest BCUT2D eigenvalue weighted by Gasteiger charge is -2.16. The summed E-state index contributed by atoms with van der Waals surface area (Å²) >= 11 is 0. The van der Waals surface area contributed by atoms with Gasteiger partial charge >= 0.3 is 0 Å². The second kappa shape index (κ2) is 6.39. The van der Waals surface area contributed by atoms with Gasteiger partial charge in [0.05, 0.1) is 0 Å². The van der Waals surface area contributed by atoms with Crippen molar-refractivity contribution in [3.63, 3.8) is 0 Å². The molecule has 90 valence electrons. The van der Waals surface area contributed by atoms with E-state index in [-0.39, 0.29) is 0 Å². The number of ketones is 1. The lowest BCUT2D eigenvalue weighted by atomic mass is 9.89. The molecule has 2 rings (SSSR count). The highest BCUT2D eigenvalue weighted by Crippen LogP contribution is 2.22. The van der Waals surface area contributed by atoms with Crippen molar-refractivity contribution < 1.29 is 4.79 Å². The first kappa shape index (κ1) is 12.1. The van der Waals surface area contributed by atoms with Crippen molar-refractivity contribution in [1.29, 1.82) is 0 Å². The van der Waals surface area contributed by atoms with Gasteiger partial charge in [-0.3, -0.25) is 4.79 Å². The number of benzene rings is 1. The normalized spacial score (nSPS) is 22.8. The van der Waals surface area contributed by atoms with Gasteiger partial charge in [0.25, 0.3) is 0 Å². The van der Waals surface area contributed by atoms with E-state index in [0.717, 1.165) is 31.6 Å². The third-order valence-electron chi connectivity index (χ3n) is 3.49. The van der Waals surface area contributed by atoms with Crippen molar-refractivity contribution in [1.82, 2.24) is 0 Å². The molecule has 1 aromatic carbocycles. The van der Waals surface area contributed by atoms with Gasteiger partial charge in [0.15, 0.2) is 5.78 Å². The summed E-state index contributed by atoms with van der Waals surface area (Å²) in [7, 11) is 0. The quantitative estimate of drug-likeness (QED) is 0.766. The van der Waals surface area contributed by atoms with E-state index < -0.39 is 0 Å². The standard InChI is InChI=1S/C16H20O/c17-16-10-4-8-15(9-5-11-16)13-12-14-6-2-1-3-7-14/h1-4,6-7,10,15H,5,8-9,11-13H2/b10-4-. The molecule has 0 N–H and O–H groups in total. The maximum atomic E-state index is 11.2. The van der Waals surface area contributed by atoms with Crippen LogP contribution in [0, 0.1) is 5.92 Å². The van der Waals surface area contributed by atoms with E-state index in [1.807, 2.05) is 0 Å². The van der Waals surface area contributed by atoms with Crippen LogP contribution in [-0.4, -0.2) is 5.78 Å². The molecule has 0 radical (unpaired) electrons. The Bertz CT molecular complexity index is 378. The smallest absolute Gasteiger partial charge is 0.155 e. The first-order valence-electron chi connectivity index (χ1n) is 6.58. The zero-order valence-corrected chi connectivity index (χ0v) is 10.3. The second-order valence-corrected chi connectivity index (χ2v) is 4.89. The maximum absolute atomic E-state index is 11.2. The number of carbonyl (C=O) groups excluding carboxylic acids is 1. The van der Waals surface area contributed by atoms with Gasteiger partial charge in [-0.05, 0) is 49.7 Å². The summed E-state index contributed by atoms with van der Waals surface area (Å²) in [4.78, 5) is 11.2. The van der Waals surface area contributed by atoms with Crippen molar-refractivity contribution in [2.75, 3.05) is 0 Å². The molecule has 0 fully saturated rings. The topological polar surface area (TPSA) is 17.1 Å². The van der Waals surface area contributed by atoms with Crippen LogP contribution in [0.1, 0.15) is 37.7 Å². The summed E-state index contributed by atoms with van der Waals surface area (Å²) in [5.74, 6) is 1.05. The van der Waals surface area contributed by atoms with Crippen LogP contribution in [-0.2, 0) is 11.2 Å². The molecule has 0 spiro atoms. The van der Waals surface area contributed by atoms with Crippen LogP contribution in [0.15, 0.2) is 42.5 Å². The number of allylic oxidation sites excluding steroid dienone is 2. The van der Waals surface area contributed by atoms with Crippen molar-refractivity contribution in [3.8, 4) is 0 Å². The van der Waals surface area contributed by atoms with Crippen LogP contribution >= 0.6 is 0 Å². The minimum absolute atomic E-state index is 0.298. The summed E-state index contributed by atoms with van der Waals surface area (Å²) in [6.07, 6.45) is 10.3. The molecule has 0 bridgehead atoms. The maximum Gasteiger partial charge on any atom is 0.155 e. The lowest BCUT2D eigenvalue weighted by molar-refractivity contribution is -0.114. The van der Waals surface area contributed by atoms with Crippen molar-refractivity contribution in [2.45, 2.75) is 38.5 Å². The van der Waals surface area contributed by atoms with Crippen LogP contribution in [0.5, 0.6) is 0 Å². The zero-order chi connectivity index (χ0) is 11.9. The highest BCUT2D eigenvalue weighted by Gasteiger charge is 2.11. The summed E-state index contributed by atoms with van der Waals surface area (Å²) < 4.78 is 0. The number of aryl methyl sites for hydroxylation is 1. The molecule has 0 aromatic heterocycles. The molecule has 1 unspecified atom stereocenters. The van der Waals surface area contributed by atoms with Crippen LogP contribution in [0.25, 0.3) is 0 Å². The molecule has 0 saturated heterocycles. The number of carbonyl (C=O) groups is 1. The van der Waals surface area contributed by atoms with Gasteiger partial charge in [0, 0.05) is 6.42 Å². The van der Waals surface area contributed by atoms with E-state index in [0.29, 0.717) is 5.78 Å². The van der Waals surface area contributed by atoms with E-state index in [4.69, 9.17) is 0 Å². The minimum atomic E-state index is 0.298. The Morgan fingerprint density at radius 1 is 1.18 bits per heavy atom. The summed E-state index contributed by atoms with van der Waals surface area (Å²) in [6, 6.07) is 10.7. The number of rotatable bonds is 3. The van der Waals surface area contributed by atoms with E-state index in [1.54, 1.807) is 6.08 Å². The lowest BCUT2D eigenvalue weighted by Crippen LogP contribution is -2.06. The van der Waals surface area contributed by atoms with Crippen LogP contribution in [0.3, 0.4) is 0 Å². The third kappa shape index (κ3) is 4.18. The van der Waals surface area contributed by atoms with Gasteiger partial charge < -0.3 is 0 Å². The van der Waals surface area contributed by atoms with Crippen LogP contribution < -0.4 is 0 Å². The SMILES string of the molecule is O=C1/C=C\CC(CCc2ccccc2)CCC1. The van der Waals surface area contributed by atoms with Gasteiger partial charge in [-0.15, -0.1) is 0 Å².